The van der Waals surface area contributed by atoms with Gasteiger partial charge in [-0.1, -0.05) is 12.1 Å². The minimum atomic E-state index is -0.299. The summed E-state index contributed by atoms with van der Waals surface area (Å²) < 4.78 is 1.27. The molecule has 0 atom stereocenters. The first kappa shape index (κ1) is 16.8. The highest BCUT2D eigenvalue weighted by molar-refractivity contribution is 5.80. The van der Waals surface area contributed by atoms with Crippen molar-refractivity contribution in [1.82, 2.24) is 15.1 Å². The number of fused-ring (bicyclic) bond motifs is 1. The summed E-state index contributed by atoms with van der Waals surface area (Å²) in [5, 5.41) is 6.70. The Hall–Kier alpha value is -2.37. The van der Waals surface area contributed by atoms with Crippen molar-refractivity contribution in [1.29, 1.82) is 0 Å². The van der Waals surface area contributed by atoms with Gasteiger partial charge < -0.3 is 5.32 Å². The number of carbonyl (C=O) groups excluding carboxylic acids is 1. The normalized spacial score (nSPS) is 31.3. The molecule has 27 heavy (non-hydrogen) atoms. The molecule has 1 aromatic heterocycles. The van der Waals surface area contributed by atoms with E-state index in [1.165, 1.54) is 23.9 Å². The number of aromatic nitrogens is 2. The van der Waals surface area contributed by atoms with Gasteiger partial charge in [-0.25, -0.2) is 4.68 Å². The lowest BCUT2D eigenvalue weighted by Crippen LogP contribution is -2.59. The number of amides is 1. The van der Waals surface area contributed by atoms with Gasteiger partial charge in [-0.15, -0.1) is 0 Å². The molecule has 1 aromatic carbocycles. The summed E-state index contributed by atoms with van der Waals surface area (Å²) in [6, 6.07) is 6.77. The molecule has 142 valence electrons. The summed E-state index contributed by atoms with van der Waals surface area (Å²) in [5.74, 6) is 2.31. The number of carbonyl (C=O) groups is 1. The molecular weight excluding hydrogens is 342 g/mol. The van der Waals surface area contributed by atoms with Crippen LogP contribution in [0.3, 0.4) is 0 Å². The average molecular weight is 367 g/mol. The number of hydrogen-bond acceptors (Lipinski definition) is 3. The van der Waals surface area contributed by atoms with Crippen LogP contribution in [0.25, 0.3) is 10.8 Å². The van der Waals surface area contributed by atoms with Gasteiger partial charge in [-0.2, -0.15) is 0 Å². The summed E-state index contributed by atoms with van der Waals surface area (Å²) in [5.41, 5.74) is -0.576. The molecule has 0 spiro atoms. The summed E-state index contributed by atoms with van der Waals surface area (Å²) >= 11 is 0. The van der Waals surface area contributed by atoms with Crippen molar-refractivity contribution < 1.29 is 4.79 Å². The number of H-pyrrole nitrogens is 1. The number of hydrogen-bond donors (Lipinski definition) is 2. The van der Waals surface area contributed by atoms with E-state index in [-0.39, 0.29) is 35.5 Å². The lowest BCUT2D eigenvalue weighted by molar-refractivity contribution is -0.127. The second-order valence-corrected chi connectivity index (χ2v) is 8.94. The van der Waals surface area contributed by atoms with E-state index in [0.29, 0.717) is 10.8 Å². The fraction of sp³-hybridized carbons (Fsp3) is 0.571. The van der Waals surface area contributed by atoms with Crippen molar-refractivity contribution in [2.45, 2.75) is 57.0 Å². The number of rotatable bonds is 4. The van der Waals surface area contributed by atoms with Gasteiger partial charge in [0.05, 0.1) is 17.3 Å². The van der Waals surface area contributed by atoms with Crippen LogP contribution in [0.15, 0.2) is 33.9 Å². The van der Waals surface area contributed by atoms with Crippen molar-refractivity contribution in [2.75, 3.05) is 0 Å². The molecule has 0 unspecified atom stereocenters. The van der Waals surface area contributed by atoms with Crippen LogP contribution in [0.4, 0.5) is 0 Å². The summed E-state index contributed by atoms with van der Waals surface area (Å²) in [7, 11) is 0. The monoisotopic (exact) mass is 367 g/mol. The maximum atomic E-state index is 12.6. The second kappa shape index (κ2) is 6.08. The lowest BCUT2D eigenvalue weighted by Gasteiger charge is -2.56. The topological polar surface area (TPSA) is 84.0 Å². The van der Waals surface area contributed by atoms with Crippen LogP contribution in [0, 0.1) is 17.8 Å². The van der Waals surface area contributed by atoms with Gasteiger partial charge >= 0.3 is 0 Å². The minimum absolute atomic E-state index is 0.0159. The van der Waals surface area contributed by atoms with Gasteiger partial charge in [0.15, 0.2) is 0 Å². The Kier molecular flexibility index (Phi) is 3.78. The highest BCUT2D eigenvalue weighted by atomic mass is 16.2. The lowest BCUT2D eigenvalue weighted by atomic mass is 9.53. The third-order valence-electron chi connectivity index (χ3n) is 6.89. The molecular formula is C21H25N3O3. The van der Waals surface area contributed by atoms with Crippen molar-refractivity contribution in [3.8, 4) is 0 Å². The Labute approximate surface area is 156 Å². The first-order valence-corrected chi connectivity index (χ1v) is 10.0. The number of nitrogens with one attached hydrogen (secondary N) is 2. The predicted octanol–water partition coefficient (Wildman–Crippen LogP) is 2.16. The molecule has 1 heterocycles. The maximum absolute atomic E-state index is 12.6. The molecule has 6 nitrogen and oxygen atoms in total. The van der Waals surface area contributed by atoms with E-state index in [4.69, 9.17) is 0 Å². The van der Waals surface area contributed by atoms with Crippen molar-refractivity contribution in [3.05, 3.63) is 45.0 Å². The standard InChI is InChI=1S/C21H25N3O3/c25-18(22-21-10-13-7-14(11-21)9-15(8-13)12-21)5-6-24-20(27)17-4-2-1-3-16(17)19(26)23-24/h1-4,13-15H,5-12H2,(H,22,25)(H,23,26). The highest BCUT2D eigenvalue weighted by Crippen LogP contribution is 2.55. The van der Waals surface area contributed by atoms with Gasteiger partial charge in [-0.05, 0) is 68.4 Å². The zero-order valence-corrected chi connectivity index (χ0v) is 15.4. The van der Waals surface area contributed by atoms with Crippen LogP contribution in [0.5, 0.6) is 0 Å². The van der Waals surface area contributed by atoms with Crippen LogP contribution in [0.1, 0.15) is 44.9 Å². The molecule has 6 rings (SSSR count). The number of nitrogens with zero attached hydrogens (tertiary/aromatic N) is 1. The Morgan fingerprint density at radius 1 is 1.04 bits per heavy atom. The third-order valence-corrected chi connectivity index (χ3v) is 6.89. The fourth-order valence-electron chi connectivity index (χ4n) is 6.24. The van der Waals surface area contributed by atoms with E-state index in [9.17, 15) is 14.4 Å². The molecule has 1 amide bonds. The van der Waals surface area contributed by atoms with E-state index in [1.54, 1.807) is 24.3 Å². The third kappa shape index (κ3) is 2.91. The minimum Gasteiger partial charge on any atom is -0.351 e. The molecule has 4 bridgehead atoms. The number of benzene rings is 1. The van der Waals surface area contributed by atoms with E-state index >= 15 is 0 Å². The Morgan fingerprint density at radius 2 is 1.63 bits per heavy atom. The second-order valence-electron chi connectivity index (χ2n) is 8.94. The quantitative estimate of drug-likeness (QED) is 0.869. The molecule has 0 saturated heterocycles. The fourth-order valence-corrected chi connectivity index (χ4v) is 6.24. The number of aryl methyl sites for hydroxylation is 1. The van der Waals surface area contributed by atoms with Gasteiger partial charge in [0, 0.05) is 12.0 Å². The van der Waals surface area contributed by atoms with Gasteiger partial charge in [0.25, 0.3) is 11.1 Å². The molecule has 2 aromatic rings. The van der Waals surface area contributed by atoms with E-state index < -0.39 is 0 Å². The Morgan fingerprint density at radius 3 is 2.26 bits per heavy atom. The molecule has 0 radical (unpaired) electrons. The van der Waals surface area contributed by atoms with Crippen LogP contribution in [-0.4, -0.2) is 21.2 Å². The van der Waals surface area contributed by atoms with E-state index in [1.807, 2.05) is 0 Å². The molecule has 4 aliphatic rings. The molecule has 4 saturated carbocycles. The maximum Gasteiger partial charge on any atom is 0.273 e. The Bertz CT molecular complexity index is 984. The van der Waals surface area contributed by atoms with Crippen LogP contribution < -0.4 is 16.4 Å². The molecule has 0 aliphatic heterocycles. The predicted molar refractivity (Wildman–Crippen MR) is 102 cm³/mol. The summed E-state index contributed by atoms with van der Waals surface area (Å²) in [4.78, 5) is 37.4. The molecule has 4 fully saturated rings. The van der Waals surface area contributed by atoms with Crippen molar-refractivity contribution >= 4 is 16.7 Å². The first-order chi connectivity index (χ1) is 13.0. The molecule has 4 aliphatic carbocycles. The zero-order chi connectivity index (χ0) is 18.6. The van der Waals surface area contributed by atoms with E-state index in [0.717, 1.165) is 37.0 Å². The van der Waals surface area contributed by atoms with Crippen LogP contribution in [-0.2, 0) is 11.3 Å². The van der Waals surface area contributed by atoms with Crippen molar-refractivity contribution in [3.63, 3.8) is 0 Å². The summed E-state index contributed by atoms with van der Waals surface area (Å²) in [6.07, 6.45) is 7.54. The van der Waals surface area contributed by atoms with Crippen LogP contribution in [0.2, 0.25) is 0 Å². The number of aromatic amines is 1. The zero-order valence-electron chi connectivity index (χ0n) is 15.4. The van der Waals surface area contributed by atoms with Crippen molar-refractivity contribution in [2.24, 2.45) is 17.8 Å². The molecule has 6 heteroatoms. The average Bonchev–Trinajstić information content (AvgIpc) is 2.62. The van der Waals surface area contributed by atoms with Gasteiger partial charge in [-0.3, -0.25) is 19.5 Å². The van der Waals surface area contributed by atoms with Gasteiger partial charge in [0.2, 0.25) is 5.91 Å². The Balaban J connectivity index is 1.30. The molecule has 2 N–H and O–H groups in total. The smallest absolute Gasteiger partial charge is 0.273 e. The first-order valence-electron chi connectivity index (χ1n) is 10.0. The SMILES string of the molecule is O=C(CCn1[nH]c(=O)c2ccccc2c1=O)NC12CC3CC(CC(C3)C1)C2. The van der Waals surface area contributed by atoms with E-state index in [2.05, 4.69) is 10.4 Å². The largest absolute Gasteiger partial charge is 0.351 e. The van der Waals surface area contributed by atoms with Gasteiger partial charge in [0.1, 0.15) is 0 Å². The summed E-state index contributed by atoms with van der Waals surface area (Å²) in [6.45, 7) is 0.192. The highest BCUT2D eigenvalue weighted by Gasteiger charge is 2.51. The van der Waals surface area contributed by atoms with Crippen LogP contribution >= 0.6 is 0 Å².